The van der Waals surface area contributed by atoms with E-state index in [2.05, 4.69) is 18.3 Å². The largest absolute Gasteiger partial charge is 0.385 e. The fourth-order valence-corrected chi connectivity index (χ4v) is 4.97. The molecule has 0 saturated heterocycles. The summed E-state index contributed by atoms with van der Waals surface area (Å²) in [5.74, 6) is 0.640. The van der Waals surface area contributed by atoms with Gasteiger partial charge < -0.3 is 10.1 Å². The van der Waals surface area contributed by atoms with E-state index in [4.69, 9.17) is 14.7 Å². The van der Waals surface area contributed by atoms with Crippen molar-refractivity contribution in [3.8, 4) is 0 Å². The average Bonchev–Trinajstić information content (AvgIpc) is 3.23. The Hall–Kier alpha value is -2.68. The number of ether oxygens (including phenoxy) is 1. The Labute approximate surface area is 189 Å². The molecule has 2 heterocycles. The molecule has 0 amide bonds. The van der Waals surface area contributed by atoms with Crippen LogP contribution in [0.4, 0.5) is 10.8 Å². The number of nitrogens with one attached hydrogen (secondary N) is 1. The maximum absolute atomic E-state index is 13.0. The summed E-state index contributed by atoms with van der Waals surface area (Å²) >= 11 is 3.11. The quantitative estimate of drug-likeness (QED) is 0.213. The number of aryl methyl sites for hydroxylation is 1. The van der Waals surface area contributed by atoms with Crippen molar-refractivity contribution in [3.05, 3.63) is 75.5 Å². The second-order valence-electron chi connectivity index (χ2n) is 7.09. The Bertz CT molecular complexity index is 1240. The smallest absolute Gasteiger partial charge is 0.262 e. The van der Waals surface area contributed by atoms with Crippen LogP contribution in [0.5, 0.6) is 0 Å². The van der Waals surface area contributed by atoms with Gasteiger partial charge in [0.05, 0.1) is 16.6 Å². The van der Waals surface area contributed by atoms with E-state index in [9.17, 15) is 4.79 Å². The molecule has 0 aliphatic rings. The molecular formula is C23H24N4O2S2. The number of rotatable bonds is 9. The first-order chi connectivity index (χ1) is 15.2. The lowest BCUT2D eigenvalue weighted by atomic mass is 10.2. The summed E-state index contributed by atoms with van der Waals surface area (Å²) < 4.78 is 6.92. The van der Waals surface area contributed by atoms with E-state index < -0.39 is 0 Å². The molecule has 0 spiro atoms. The number of methoxy groups -OCH3 is 1. The van der Waals surface area contributed by atoms with Crippen LogP contribution in [0.2, 0.25) is 0 Å². The molecule has 0 saturated carbocycles. The summed E-state index contributed by atoms with van der Waals surface area (Å²) in [7, 11) is 1.67. The highest BCUT2D eigenvalue weighted by atomic mass is 32.2. The molecule has 0 bridgehead atoms. The highest BCUT2D eigenvalue weighted by molar-refractivity contribution is 7.98. The van der Waals surface area contributed by atoms with Gasteiger partial charge in [-0.3, -0.25) is 9.36 Å². The second-order valence-corrected chi connectivity index (χ2v) is 8.89. The molecule has 160 valence electrons. The number of thioether (sulfide) groups is 1. The molecule has 4 aromatic rings. The monoisotopic (exact) mass is 452 g/mol. The van der Waals surface area contributed by atoms with Crippen LogP contribution in [0.1, 0.15) is 17.7 Å². The standard InChI is InChI=1S/C23H24N4O2S2/c1-16-8-3-5-10-19(16)25-22-24-17(14-30-22)15-31-23-26-20-11-6-4-9-18(20)21(28)27(23)12-7-13-29-2/h3-6,8-11,14H,7,12-13,15H2,1-2H3,(H,24,25). The predicted octanol–water partition coefficient (Wildman–Crippen LogP) is 5.23. The molecule has 0 fully saturated rings. The molecule has 1 N–H and O–H groups in total. The lowest BCUT2D eigenvalue weighted by Crippen LogP contribution is -2.24. The Balaban J connectivity index is 1.53. The van der Waals surface area contributed by atoms with Crippen molar-refractivity contribution in [1.82, 2.24) is 14.5 Å². The third-order valence-corrected chi connectivity index (χ3v) is 6.66. The number of fused-ring (bicyclic) bond motifs is 1. The molecule has 0 aliphatic heterocycles. The minimum absolute atomic E-state index is 0.00982. The van der Waals surface area contributed by atoms with E-state index in [1.54, 1.807) is 23.0 Å². The van der Waals surface area contributed by atoms with Crippen molar-refractivity contribution in [3.63, 3.8) is 0 Å². The molecule has 0 radical (unpaired) electrons. The molecule has 2 aromatic heterocycles. The van der Waals surface area contributed by atoms with Crippen LogP contribution < -0.4 is 10.9 Å². The molecule has 0 atom stereocenters. The third-order valence-electron chi connectivity index (χ3n) is 4.84. The van der Waals surface area contributed by atoms with Gasteiger partial charge in [-0.25, -0.2) is 9.97 Å². The van der Waals surface area contributed by atoms with Gasteiger partial charge in [0.15, 0.2) is 10.3 Å². The van der Waals surface area contributed by atoms with Gasteiger partial charge in [0.1, 0.15) is 0 Å². The molecule has 0 aliphatic carbocycles. The first-order valence-corrected chi connectivity index (χ1v) is 11.9. The Morgan fingerprint density at radius 3 is 2.77 bits per heavy atom. The topological polar surface area (TPSA) is 69.0 Å². The second kappa shape index (κ2) is 10.1. The SMILES string of the molecule is COCCCn1c(SCc2csc(Nc3ccccc3C)n2)nc2ccccc2c1=O. The van der Waals surface area contributed by atoms with Gasteiger partial charge in [0.2, 0.25) is 0 Å². The van der Waals surface area contributed by atoms with E-state index in [1.807, 2.05) is 47.8 Å². The molecule has 0 unspecified atom stereocenters. The number of anilines is 2. The molecule has 8 heteroatoms. The Kier molecular flexibility index (Phi) is 7.01. The van der Waals surface area contributed by atoms with Gasteiger partial charge in [0.25, 0.3) is 5.56 Å². The molecule has 4 rings (SSSR count). The van der Waals surface area contributed by atoms with Crippen LogP contribution in [0, 0.1) is 6.92 Å². The molecule has 2 aromatic carbocycles. The third kappa shape index (κ3) is 5.15. The van der Waals surface area contributed by atoms with E-state index >= 15 is 0 Å². The van der Waals surface area contributed by atoms with Gasteiger partial charge in [-0.1, -0.05) is 42.1 Å². The number of hydrogen-bond acceptors (Lipinski definition) is 7. The number of aromatic nitrogens is 3. The first kappa shape index (κ1) is 21.5. The highest BCUT2D eigenvalue weighted by Gasteiger charge is 2.13. The van der Waals surface area contributed by atoms with Crippen LogP contribution in [0.3, 0.4) is 0 Å². The Morgan fingerprint density at radius 1 is 1.13 bits per heavy atom. The van der Waals surface area contributed by atoms with Crippen LogP contribution in [-0.4, -0.2) is 28.3 Å². The minimum Gasteiger partial charge on any atom is -0.385 e. The molecule has 6 nitrogen and oxygen atoms in total. The zero-order chi connectivity index (χ0) is 21.6. The van der Waals surface area contributed by atoms with Crippen molar-refractivity contribution in [1.29, 1.82) is 0 Å². The number of para-hydroxylation sites is 2. The van der Waals surface area contributed by atoms with Crippen LogP contribution >= 0.6 is 23.1 Å². The highest BCUT2D eigenvalue weighted by Crippen LogP contribution is 2.27. The zero-order valence-electron chi connectivity index (χ0n) is 17.5. The van der Waals surface area contributed by atoms with Gasteiger partial charge in [-0.05, 0) is 37.1 Å². The summed E-state index contributed by atoms with van der Waals surface area (Å²) in [4.78, 5) is 22.5. The fraction of sp³-hybridized carbons (Fsp3) is 0.261. The van der Waals surface area contributed by atoms with Crippen LogP contribution in [0.25, 0.3) is 10.9 Å². The molecule has 31 heavy (non-hydrogen) atoms. The maximum atomic E-state index is 13.0. The number of nitrogens with zero attached hydrogens (tertiary/aromatic N) is 3. The van der Waals surface area contributed by atoms with Crippen molar-refractivity contribution < 1.29 is 4.74 Å². The van der Waals surface area contributed by atoms with Crippen molar-refractivity contribution in [2.24, 2.45) is 0 Å². The Morgan fingerprint density at radius 2 is 1.94 bits per heavy atom. The van der Waals surface area contributed by atoms with E-state index in [1.165, 1.54) is 17.3 Å². The lowest BCUT2D eigenvalue weighted by molar-refractivity contribution is 0.189. The summed E-state index contributed by atoms with van der Waals surface area (Å²) in [6, 6.07) is 15.6. The van der Waals surface area contributed by atoms with Gasteiger partial charge in [0, 0.05) is 37.1 Å². The fourth-order valence-electron chi connectivity index (χ4n) is 3.22. The van der Waals surface area contributed by atoms with Gasteiger partial charge >= 0.3 is 0 Å². The normalized spacial score (nSPS) is 11.2. The minimum atomic E-state index is -0.00982. The van der Waals surface area contributed by atoms with E-state index in [0.29, 0.717) is 29.4 Å². The first-order valence-electron chi connectivity index (χ1n) is 10.0. The lowest BCUT2D eigenvalue weighted by Gasteiger charge is -2.12. The summed E-state index contributed by atoms with van der Waals surface area (Å²) in [6.07, 6.45) is 0.755. The van der Waals surface area contributed by atoms with Crippen molar-refractivity contribution in [2.75, 3.05) is 19.0 Å². The van der Waals surface area contributed by atoms with Crippen LogP contribution in [-0.2, 0) is 17.0 Å². The maximum Gasteiger partial charge on any atom is 0.262 e. The molecular weight excluding hydrogens is 428 g/mol. The number of benzene rings is 2. The summed E-state index contributed by atoms with van der Waals surface area (Å²) in [6.45, 7) is 3.24. The van der Waals surface area contributed by atoms with E-state index in [-0.39, 0.29) is 5.56 Å². The van der Waals surface area contributed by atoms with E-state index in [0.717, 1.165) is 28.5 Å². The summed E-state index contributed by atoms with van der Waals surface area (Å²) in [5.41, 5.74) is 3.90. The van der Waals surface area contributed by atoms with Crippen molar-refractivity contribution >= 4 is 44.8 Å². The number of hydrogen-bond donors (Lipinski definition) is 1. The van der Waals surface area contributed by atoms with Crippen LogP contribution in [0.15, 0.2) is 63.9 Å². The predicted molar refractivity (Wildman–Crippen MR) is 129 cm³/mol. The van der Waals surface area contributed by atoms with Gasteiger partial charge in [-0.15, -0.1) is 11.3 Å². The zero-order valence-corrected chi connectivity index (χ0v) is 19.1. The van der Waals surface area contributed by atoms with Crippen molar-refractivity contribution in [2.45, 2.75) is 30.8 Å². The number of thiazole rings is 1. The average molecular weight is 453 g/mol. The van der Waals surface area contributed by atoms with Gasteiger partial charge in [-0.2, -0.15) is 0 Å². The summed E-state index contributed by atoms with van der Waals surface area (Å²) in [5, 5.41) is 7.63.